The highest BCUT2D eigenvalue weighted by molar-refractivity contribution is 5.56. The molecule has 0 aromatic heterocycles. The van der Waals surface area contributed by atoms with Crippen LogP contribution in [0.15, 0.2) is 18.2 Å². The van der Waals surface area contributed by atoms with E-state index >= 15 is 0 Å². The molecule has 0 saturated carbocycles. The first-order valence-corrected chi connectivity index (χ1v) is 7.85. The Kier molecular flexibility index (Phi) is 3.74. The van der Waals surface area contributed by atoms with Gasteiger partial charge in [0.2, 0.25) is 0 Å². The molecule has 3 nitrogen and oxygen atoms in total. The molecule has 1 aromatic rings. The molecular formula is C17H27N3. The van der Waals surface area contributed by atoms with Crippen molar-refractivity contribution in [2.45, 2.75) is 38.8 Å². The van der Waals surface area contributed by atoms with Crippen LogP contribution in [0, 0.1) is 0 Å². The second kappa shape index (κ2) is 5.38. The summed E-state index contributed by atoms with van der Waals surface area (Å²) in [6, 6.07) is 7.07. The van der Waals surface area contributed by atoms with E-state index in [1.54, 1.807) is 0 Å². The van der Waals surface area contributed by atoms with Crippen LogP contribution in [-0.2, 0) is 13.0 Å². The Balaban J connectivity index is 1.78. The molecule has 0 bridgehead atoms. The van der Waals surface area contributed by atoms with Crippen LogP contribution in [-0.4, -0.2) is 43.7 Å². The second-order valence-electron chi connectivity index (χ2n) is 6.90. The van der Waals surface area contributed by atoms with Gasteiger partial charge in [-0.3, -0.25) is 4.90 Å². The molecule has 2 aliphatic rings. The monoisotopic (exact) mass is 273 g/mol. The van der Waals surface area contributed by atoms with E-state index in [-0.39, 0.29) is 5.54 Å². The van der Waals surface area contributed by atoms with Gasteiger partial charge < -0.3 is 10.2 Å². The quantitative estimate of drug-likeness (QED) is 0.891. The Hall–Kier alpha value is -1.06. The number of nitrogens with zero attached hydrogens (tertiary/aromatic N) is 2. The predicted molar refractivity (Wildman–Crippen MR) is 85.4 cm³/mol. The normalized spacial score (nSPS) is 22.6. The maximum absolute atomic E-state index is 3.50. The summed E-state index contributed by atoms with van der Waals surface area (Å²) < 4.78 is 0. The third kappa shape index (κ3) is 2.70. The minimum Gasteiger partial charge on any atom is -0.374 e. The molecule has 0 unspecified atom stereocenters. The third-order valence-electron chi connectivity index (χ3n) is 4.84. The van der Waals surface area contributed by atoms with E-state index in [2.05, 4.69) is 54.2 Å². The van der Waals surface area contributed by atoms with E-state index in [1.165, 1.54) is 36.2 Å². The summed E-state index contributed by atoms with van der Waals surface area (Å²) in [6.45, 7) is 10.3. The molecule has 2 aliphatic heterocycles. The highest BCUT2D eigenvalue weighted by Crippen LogP contribution is 2.28. The van der Waals surface area contributed by atoms with Gasteiger partial charge in [-0.05, 0) is 43.9 Å². The minimum absolute atomic E-state index is 0.255. The van der Waals surface area contributed by atoms with E-state index < -0.39 is 0 Å². The highest BCUT2D eigenvalue weighted by Gasteiger charge is 2.29. The number of fused-ring (bicyclic) bond motifs is 1. The lowest BCUT2D eigenvalue weighted by Gasteiger charge is -2.43. The van der Waals surface area contributed by atoms with E-state index in [9.17, 15) is 0 Å². The van der Waals surface area contributed by atoms with Crippen LogP contribution in [0.25, 0.3) is 0 Å². The zero-order valence-corrected chi connectivity index (χ0v) is 13.1. The molecule has 20 heavy (non-hydrogen) atoms. The van der Waals surface area contributed by atoms with Gasteiger partial charge in [-0.2, -0.15) is 0 Å². The standard InChI is InChI=1S/C17H27N3/c1-17(2)13-18-8-10-20(17)12-14-6-7-16-15(11-14)5-4-9-19(16)3/h6-7,11,18H,4-5,8-10,12-13H2,1-3H3. The summed E-state index contributed by atoms with van der Waals surface area (Å²) in [7, 11) is 2.21. The van der Waals surface area contributed by atoms with Crippen LogP contribution in [0.1, 0.15) is 31.4 Å². The molecule has 1 fully saturated rings. The van der Waals surface area contributed by atoms with Crippen molar-refractivity contribution in [1.82, 2.24) is 10.2 Å². The van der Waals surface area contributed by atoms with Gasteiger partial charge in [0.25, 0.3) is 0 Å². The Morgan fingerprint density at radius 3 is 2.90 bits per heavy atom. The molecule has 0 radical (unpaired) electrons. The summed E-state index contributed by atoms with van der Waals surface area (Å²) >= 11 is 0. The number of hydrogen-bond acceptors (Lipinski definition) is 3. The number of rotatable bonds is 2. The van der Waals surface area contributed by atoms with Crippen LogP contribution >= 0.6 is 0 Å². The van der Waals surface area contributed by atoms with E-state index in [1.807, 2.05) is 0 Å². The van der Waals surface area contributed by atoms with Crippen molar-refractivity contribution in [2.75, 3.05) is 38.1 Å². The van der Waals surface area contributed by atoms with Crippen LogP contribution in [0.3, 0.4) is 0 Å². The lowest BCUT2D eigenvalue weighted by Crippen LogP contribution is -2.57. The number of nitrogens with one attached hydrogen (secondary N) is 1. The van der Waals surface area contributed by atoms with Crippen molar-refractivity contribution in [2.24, 2.45) is 0 Å². The smallest absolute Gasteiger partial charge is 0.0396 e. The van der Waals surface area contributed by atoms with Crippen LogP contribution in [0.5, 0.6) is 0 Å². The minimum atomic E-state index is 0.255. The molecule has 2 heterocycles. The highest BCUT2D eigenvalue weighted by atomic mass is 15.2. The molecule has 1 saturated heterocycles. The SMILES string of the molecule is CN1CCCc2cc(CN3CCNCC3(C)C)ccc21. The van der Waals surface area contributed by atoms with Gasteiger partial charge in [0, 0.05) is 51.0 Å². The molecule has 110 valence electrons. The molecule has 0 spiro atoms. The number of piperazine rings is 1. The summed E-state index contributed by atoms with van der Waals surface area (Å²) in [5.41, 5.74) is 4.68. The van der Waals surface area contributed by atoms with E-state index in [4.69, 9.17) is 0 Å². The van der Waals surface area contributed by atoms with Crippen LogP contribution < -0.4 is 10.2 Å². The fourth-order valence-corrected chi connectivity index (χ4v) is 3.47. The molecule has 0 atom stereocenters. The summed E-state index contributed by atoms with van der Waals surface area (Å²) in [6.07, 6.45) is 2.52. The predicted octanol–water partition coefficient (Wildman–Crippen LogP) is 2.25. The zero-order valence-electron chi connectivity index (χ0n) is 13.1. The van der Waals surface area contributed by atoms with Crippen LogP contribution in [0.4, 0.5) is 5.69 Å². The fourth-order valence-electron chi connectivity index (χ4n) is 3.47. The molecular weight excluding hydrogens is 246 g/mol. The Morgan fingerprint density at radius 1 is 1.25 bits per heavy atom. The molecule has 0 aliphatic carbocycles. The third-order valence-corrected chi connectivity index (χ3v) is 4.84. The summed E-state index contributed by atoms with van der Waals surface area (Å²) in [5, 5.41) is 3.50. The molecule has 0 amide bonds. The van der Waals surface area contributed by atoms with Crippen molar-refractivity contribution < 1.29 is 0 Å². The van der Waals surface area contributed by atoms with Gasteiger partial charge in [-0.1, -0.05) is 12.1 Å². The van der Waals surface area contributed by atoms with E-state index in [0.29, 0.717) is 0 Å². The Morgan fingerprint density at radius 2 is 2.10 bits per heavy atom. The van der Waals surface area contributed by atoms with Crippen molar-refractivity contribution in [3.63, 3.8) is 0 Å². The Labute approximate surface area is 123 Å². The first kappa shape index (κ1) is 13.9. The first-order chi connectivity index (χ1) is 9.56. The summed E-state index contributed by atoms with van der Waals surface area (Å²) in [4.78, 5) is 5.00. The average molecular weight is 273 g/mol. The van der Waals surface area contributed by atoms with Crippen LogP contribution in [0.2, 0.25) is 0 Å². The Bertz CT molecular complexity index is 481. The fraction of sp³-hybridized carbons (Fsp3) is 0.647. The molecule has 3 rings (SSSR count). The van der Waals surface area contributed by atoms with E-state index in [0.717, 1.165) is 26.2 Å². The number of benzene rings is 1. The van der Waals surface area contributed by atoms with Crippen molar-refractivity contribution in [3.05, 3.63) is 29.3 Å². The number of hydrogen-bond donors (Lipinski definition) is 1. The molecule has 3 heteroatoms. The largest absolute Gasteiger partial charge is 0.374 e. The van der Waals surface area contributed by atoms with Gasteiger partial charge >= 0.3 is 0 Å². The lowest BCUT2D eigenvalue weighted by molar-refractivity contribution is 0.0827. The van der Waals surface area contributed by atoms with Crippen molar-refractivity contribution in [1.29, 1.82) is 0 Å². The topological polar surface area (TPSA) is 18.5 Å². The average Bonchev–Trinajstić information content (AvgIpc) is 2.41. The number of anilines is 1. The molecule has 1 aromatic carbocycles. The van der Waals surface area contributed by atoms with Gasteiger partial charge in [-0.25, -0.2) is 0 Å². The second-order valence-corrected chi connectivity index (χ2v) is 6.90. The van der Waals surface area contributed by atoms with Gasteiger partial charge in [0.1, 0.15) is 0 Å². The zero-order chi connectivity index (χ0) is 14.2. The van der Waals surface area contributed by atoms with Crippen molar-refractivity contribution >= 4 is 5.69 Å². The number of aryl methyl sites for hydroxylation is 1. The van der Waals surface area contributed by atoms with Crippen molar-refractivity contribution in [3.8, 4) is 0 Å². The maximum Gasteiger partial charge on any atom is 0.0396 e. The lowest BCUT2D eigenvalue weighted by atomic mass is 9.96. The van der Waals surface area contributed by atoms with Gasteiger partial charge in [-0.15, -0.1) is 0 Å². The summed E-state index contributed by atoms with van der Waals surface area (Å²) in [5.74, 6) is 0. The van der Waals surface area contributed by atoms with Gasteiger partial charge in [0.05, 0.1) is 0 Å². The molecule has 1 N–H and O–H groups in total. The van der Waals surface area contributed by atoms with Gasteiger partial charge in [0.15, 0.2) is 0 Å². The first-order valence-electron chi connectivity index (χ1n) is 7.85. The maximum atomic E-state index is 3.50.